The average molecular weight is 376 g/mol. The number of unbranched alkanes of at least 4 members (excludes halogenated alkanes) is 1. The van der Waals surface area contributed by atoms with Gasteiger partial charge in [0.2, 0.25) is 0 Å². The van der Waals surface area contributed by atoms with Crippen LogP contribution in [0.5, 0.6) is 0 Å². The quantitative estimate of drug-likeness (QED) is 0.353. The maximum Gasteiger partial charge on any atom is 0.0912 e. The summed E-state index contributed by atoms with van der Waals surface area (Å²) in [5, 5.41) is 8.55. The Morgan fingerprint density at radius 3 is 2.14 bits per heavy atom. The Balaban J connectivity index is 1.41. The standard InChI is InChI=1S/C27H37N/c1-2-3-7-22-9-13-24(14-10-22)26-17-19-27(20-18-26)25-15-11-23(12-16-25)8-5-4-6-21-28/h4-6,8-10,13-14,23,25-27H,2-3,7,11-12,15-20H2,1H3/b6-4+,8-5+/t23?,25?,26-,27-. The highest BCUT2D eigenvalue weighted by molar-refractivity contribution is 5.26. The third-order valence-corrected chi connectivity index (χ3v) is 7.19. The summed E-state index contributed by atoms with van der Waals surface area (Å²) in [4.78, 5) is 0. The Morgan fingerprint density at radius 1 is 0.893 bits per heavy atom. The minimum Gasteiger partial charge on any atom is -0.193 e. The number of hydrogen-bond donors (Lipinski definition) is 0. The lowest BCUT2D eigenvalue weighted by molar-refractivity contribution is 0.171. The third kappa shape index (κ3) is 6.10. The molecule has 0 aromatic heterocycles. The van der Waals surface area contributed by atoms with Gasteiger partial charge in [0.15, 0.2) is 0 Å². The molecule has 0 amide bonds. The van der Waals surface area contributed by atoms with Crippen molar-refractivity contribution in [2.24, 2.45) is 17.8 Å². The molecule has 2 saturated carbocycles. The summed E-state index contributed by atoms with van der Waals surface area (Å²) in [6, 6.07) is 11.6. The minimum atomic E-state index is 0.724. The van der Waals surface area contributed by atoms with Gasteiger partial charge in [0.25, 0.3) is 0 Å². The predicted octanol–water partition coefficient (Wildman–Crippen LogP) is 7.75. The van der Waals surface area contributed by atoms with E-state index in [1.807, 2.05) is 12.1 Å². The summed E-state index contributed by atoms with van der Waals surface area (Å²) in [6.07, 6.45) is 22.7. The second kappa shape index (κ2) is 11.3. The molecule has 150 valence electrons. The normalized spacial score (nSPS) is 28.6. The molecular weight excluding hydrogens is 338 g/mol. The van der Waals surface area contributed by atoms with Crippen LogP contribution in [0.2, 0.25) is 0 Å². The van der Waals surface area contributed by atoms with Gasteiger partial charge in [-0.25, -0.2) is 0 Å². The molecule has 3 rings (SSSR count). The van der Waals surface area contributed by atoms with Crippen LogP contribution >= 0.6 is 0 Å². The number of rotatable bonds is 7. The van der Waals surface area contributed by atoms with Crippen LogP contribution in [-0.4, -0.2) is 0 Å². The van der Waals surface area contributed by atoms with E-state index < -0.39 is 0 Å². The van der Waals surface area contributed by atoms with Crippen LogP contribution in [0, 0.1) is 29.1 Å². The second-order valence-electron chi connectivity index (χ2n) is 9.00. The first-order valence-electron chi connectivity index (χ1n) is 11.6. The molecule has 0 saturated heterocycles. The highest BCUT2D eigenvalue weighted by Gasteiger charge is 2.30. The van der Waals surface area contributed by atoms with Crippen molar-refractivity contribution in [1.82, 2.24) is 0 Å². The maximum atomic E-state index is 8.55. The van der Waals surface area contributed by atoms with Gasteiger partial charge in [-0.3, -0.25) is 0 Å². The van der Waals surface area contributed by atoms with E-state index in [0.717, 1.165) is 23.7 Å². The van der Waals surface area contributed by atoms with E-state index >= 15 is 0 Å². The number of nitriles is 1. The van der Waals surface area contributed by atoms with Crippen molar-refractivity contribution in [2.75, 3.05) is 0 Å². The Morgan fingerprint density at radius 2 is 1.54 bits per heavy atom. The molecule has 1 aromatic carbocycles. The van der Waals surface area contributed by atoms with Crippen molar-refractivity contribution >= 4 is 0 Å². The first-order valence-corrected chi connectivity index (χ1v) is 11.6. The molecule has 0 unspecified atom stereocenters. The predicted molar refractivity (Wildman–Crippen MR) is 119 cm³/mol. The topological polar surface area (TPSA) is 23.8 Å². The van der Waals surface area contributed by atoms with Gasteiger partial charge in [-0.05, 0) is 99.0 Å². The largest absolute Gasteiger partial charge is 0.193 e. The average Bonchev–Trinajstić information content (AvgIpc) is 2.76. The van der Waals surface area contributed by atoms with Crippen molar-refractivity contribution in [3.63, 3.8) is 0 Å². The SMILES string of the molecule is CCCCc1ccc([C@H]2CC[C@H](C3CCC(/C=C/C=C/C#N)CC3)CC2)cc1. The molecule has 0 radical (unpaired) electrons. The van der Waals surface area contributed by atoms with Gasteiger partial charge >= 0.3 is 0 Å². The first-order chi connectivity index (χ1) is 13.8. The molecule has 0 N–H and O–H groups in total. The molecule has 0 aliphatic heterocycles. The molecule has 1 heteroatoms. The van der Waals surface area contributed by atoms with Crippen molar-refractivity contribution in [1.29, 1.82) is 5.26 Å². The molecule has 0 heterocycles. The van der Waals surface area contributed by atoms with E-state index in [1.54, 1.807) is 11.6 Å². The molecule has 0 bridgehead atoms. The minimum absolute atomic E-state index is 0.724. The van der Waals surface area contributed by atoms with Gasteiger partial charge in [-0.1, -0.05) is 55.8 Å². The highest BCUT2D eigenvalue weighted by Crippen LogP contribution is 2.44. The van der Waals surface area contributed by atoms with E-state index in [1.165, 1.54) is 76.2 Å². The molecule has 0 atom stereocenters. The lowest BCUT2D eigenvalue weighted by Gasteiger charge is -2.37. The van der Waals surface area contributed by atoms with Gasteiger partial charge in [0.05, 0.1) is 6.07 Å². The summed E-state index contributed by atoms with van der Waals surface area (Å²) >= 11 is 0. The fourth-order valence-corrected chi connectivity index (χ4v) is 5.39. The van der Waals surface area contributed by atoms with Gasteiger partial charge < -0.3 is 0 Å². The zero-order chi connectivity index (χ0) is 19.6. The number of aryl methyl sites for hydroxylation is 1. The van der Waals surface area contributed by atoms with Crippen LogP contribution in [0.1, 0.15) is 88.2 Å². The van der Waals surface area contributed by atoms with Gasteiger partial charge in [0, 0.05) is 6.08 Å². The van der Waals surface area contributed by atoms with Crippen LogP contribution in [0.15, 0.2) is 48.6 Å². The Kier molecular flexibility index (Phi) is 8.41. The highest BCUT2D eigenvalue weighted by atomic mass is 14.4. The smallest absolute Gasteiger partial charge is 0.0912 e. The molecule has 0 spiro atoms. The lowest BCUT2D eigenvalue weighted by Crippen LogP contribution is -2.25. The van der Waals surface area contributed by atoms with E-state index in [9.17, 15) is 0 Å². The van der Waals surface area contributed by atoms with Crippen LogP contribution in [0.25, 0.3) is 0 Å². The summed E-state index contributed by atoms with van der Waals surface area (Å²) in [5.41, 5.74) is 3.09. The van der Waals surface area contributed by atoms with Crippen LogP contribution in [-0.2, 0) is 6.42 Å². The van der Waals surface area contributed by atoms with E-state index in [0.29, 0.717) is 0 Å². The van der Waals surface area contributed by atoms with E-state index in [-0.39, 0.29) is 0 Å². The number of allylic oxidation sites excluding steroid dienone is 4. The molecule has 2 fully saturated rings. The number of benzene rings is 1. The molecular formula is C27H37N. The van der Waals surface area contributed by atoms with Gasteiger partial charge in [-0.15, -0.1) is 0 Å². The van der Waals surface area contributed by atoms with E-state index in [4.69, 9.17) is 5.26 Å². The second-order valence-corrected chi connectivity index (χ2v) is 9.00. The summed E-state index contributed by atoms with van der Waals surface area (Å²) in [5.74, 6) is 3.44. The lowest BCUT2D eigenvalue weighted by atomic mass is 9.68. The zero-order valence-electron chi connectivity index (χ0n) is 17.7. The van der Waals surface area contributed by atoms with Gasteiger partial charge in [-0.2, -0.15) is 5.26 Å². The zero-order valence-corrected chi connectivity index (χ0v) is 17.7. The molecule has 28 heavy (non-hydrogen) atoms. The first kappa shape index (κ1) is 20.9. The molecule has 1 aromatic rings. The van der Waals surface area contributed by atoms with Gasteiger partial charge in [0.1, 0.15) is 0 Å². The fourth-order valence-electron chi connectivity index (χ4n) is 5.39. The summed E-state index contributed by atoms with van der Waals surface area (Å²) in [7, 11) is 0. The molecule has 2 aliphatic carbocycles. The van der Waals surface area contributed by atoms with Crippen molar-refractivity contribution in [2.45, 2.75) is 83.5 Å². The van der Waals surface area contributed by atoms with Crippen LogP contribution < -0.4 is 0 Å². The summed E-state index contributed by atoms with van der Waals surface area (Å²) < 4.78 is 0. The maximum absolute atomic E-state index is 8.55. The monoisotopic (exact) mass is 375 g/mol. The van der Waals surface area contributed by atoms with Crippen molar-refractivity contribution in [3.8, 4) is 6.07 Å². The number of nitrogens with zero attached hydrogens (tertiary/aromatic N) is 1. The third-order valence-electron chi connectivity index (χ3n) is 7.19. The van der Waals surface area contributed by atoms with Crippen molar-refractivity contribution in [3.05, 3.63) is 59.7 Å². The Bertz CT molecular complexity index is 659. The van der Waals surface area contributed by atoms with E-state index in [2.05, 4.69) is 43.3 Å². The summed E-state index contributed by atoms with van der Waals surface area (Å²) in [6.45, 7) is 2.27. The molecule has 2 aliphatic rings. The number of hydrogen-bond acceptors (Lipinski definition) is 1. The Hall–Kier alpha value is -1.81. The van der Waals surface area contributed by atoms with Crippen molar-refractivity contribution < 1.29 is 0 Å². The fraction of sp³-hybridized carbons (Fsp3) is 0.593. The van der Waals surface area contributed by atoms with Crippen LogP contribution in [0.3, 0.4) is 0 Å². The Labute approximate surface area is 172 Å². The molecule has 1 nitrogen and oxygen atoms in total. The van der Waals surface area contributed by atoms with Crippen LogP contribution in [0.4, 0.5) is 0 Å².